The van der Waals surface area contributed by atoms with Crippen LogP contribution in [0.25, 0.3) is 0 Å². The first-order valence-electron chi connectivity index (χ1n) is 8.00. The van der Waals surface area contributed by atoms with E-state index in [4.69, 9.17) is 0 Å². The van der Waals surface area contributed by atoms with Gasteiger partial charge in [0.15, 0.2) is 0 Å². The number of nitrogens with zero attached hydrogens (tertiary/aromatic N) is 6. The fourth-order valence-electron chi connectivity index (χ4n) is 3.69. The van der Waals surface area contributed by atoms with Gasteiger partial charge in [0.2, 0.25) is 0 Å². The van der Waals surface area contributed by atoms with Crippen molar-refractivity contribution in [2.24, 2.45) is 18.9 Å². The molecule has 0 aliphatic carbocycles. The summed E-state index contributed by atoms with van der Waals surface area (Å²) in [5.74, 6) is 2.06. The Hall–Kier alpha value is -2.44. The fourth-order valence-corrected chi connectivity index (χ4v) is 3.69. The first-order valence-corrected chi connectivity index (χ1v) is 8.00. The average Bonchev–Trinajstić information content (AvgIpc) is 3.20. The highest BCUT2D eigenvalue weighted by atomic mass is 16.2. The second kappa shape index (κ2) is 5.64. The largest absolute Gasteiger partial charge is 0.355 e. The lowest BCUT2D eigenvalue weighted by atomic mass is 9.89. The second-order valence-corrected chi connectivity index (χ2v) is 6.40. The normalized spacial score (nSPS) is 23.9. The quantitative estimate of drug-likeness (QED) is 0.821. The molecule has 1 amide bonds. The fraction of sp³-hybridized carbons (Fsp3) is 0.500. The molecule has 0 radical (unpaired) electrons. The van der Waals surface area contributed by atoms with E-state index < -0.39 is 0 Å². The van der Waals surface area contributed by atoms with E-state index in [1.807, 2.05) is 24.3 Å². The number of aromatic nitrogens is 4. The minimum absolute atomic E-state index is 0.0473. The minimum Gasteiger partial charge on any atom is -0.355 e. The van der Waals surface area contributed by atoms with E-state index in [1.165, 1.54) is 0 Å². The van der Waals surface area contributed by atoms with E-state index in [9.17, 15) is 4.79 Å². The van der Waals surface area contributed by atoms with Crippen LogP contribution in [0.15, 0.2) is 30.9 Å². The summed E-state index contributed by atoms with van der Waals surface area (Å²) in [5.41, 5.74) is 0.539. The SMILES string of the molecule is Cn1ccc(C(=O)N2C[C@@H]3CCN(c4cnccn4)C[C@@H]3C2)n1. The lowest BCUT2D eigenvalue weighted by molar-refractivity contribution is 0.0778. The average molecular weight is 312 g/mol. The molecule has 2 saturated heterocycles. The summed E-state index contributed by atoms with van der Waals surface area (Å²) in [5, 5.41) is 4.23. The molecule has 2 atom stereocenters. The van der Waals surface area contributed by atoms with Crippen molar-refractivity contribution in [1.82, 2.24) is 24.6 Å². The first kappa shape index (κ1) is 14.2. The number of carbonyl (C=O) groups is 1. The van der Waals surface area contributed by atoms with Crippen LogP contribution in [-0.2, 0) is 7.05 Å². The van der Waals surface area contributed by atoms with Gasteiger partial charge in [-0.05, 0) is 24.3 Å². The van der Waals surface area contributed by atoms with Gasteiger partial charge in [0, 0.05) is 51.8 Å². The maximum atomic E-state index is 12.6. The predicted molar refractivity (Wildman–Crippen MR) is 85.0 cm³/mol. The molecule has 23 heavy (non-hydrogen) atoms. The van der Waals surface area contributed by atoms with Crippen LogP contribution in [0.3, 0.4) is 0 Å². The third-order valence-corrected chi connectivity index (χ3v) is 4.89. The van der Waals surface area contributed by atoms with Crippen LogP contribution >= 0.6 is 0 Å². The topological polar surface area (TPSA) is 67.2 Å². The summed E-state index contributed by atoms with van der Waals surface area (Å²) < 4.78 is 1.67. The van der Waals surface area contributed by atoms with E-state index in [0.717, 1.165) is 38.4 Å². The van der Waals surface area contributed by atoms with Crippen LogP contribution < -0.4 is 4.90 Å². The van der Waals surface area contributed by atoms with Crippen molar-refractivity contribution < 1.29 is 4.79 Å². The zero-order valence-corrected chi connectivity index (χ0v) is 13.2. The lowest BCUT2D eigenvalue weighted by Gasteiger charge is -2.34. The van der Waals surface area contributed by atoms with Crippen molar-refractivity contribution in [3.05, 3.63) is 36.5 Å². The van der Waals surface area contributed by atoms with Gasteiger partial charge in [-0.25, -0.2) is 4.98 Å². The van der Waals surface area contributed by atoms with Gasteiger partial charge in [-0.3, -0.25) is 14.5 Å². The molecule has 120 valence electrons. The van der Waals surface area contributed by atoms with Gasteiger partial charge in [-0.15, -0.1) is 0 Å². The molecule has 2 aromatic rings. The maximum absolute atomic E-state index is 12.6. The third kappa shape index (κ3) is 2.67. The Morgan fingerprint density at radius 1 is 1.22 bits per heavy atom. The van der Waals surface area contributed by atoms with Crippen LogP contribution in [-0.4, -0.2) is 56.7 Å². The molecular weight excluding hydrogens is 292 g/mol. The number of fused-ring (bicyclic) bond motifs is 1. The Morgan fingerprint density at radius 3 is 2.83 bits per heavy atom. The monoisotopic (exact) mass is 312 g/mol. The Morgan fingerprint density at radius 2 is 2.09 bits per heavy atom. The number of likely N-dealkylation sites (tertiary alicyclic amines) is 1. The van der Waals surface area contributed by atoms with Crippen LogP contribution in [0.2, 0.25) is 0 Å². The highest BCUT2D eigenvalue weighted by Crippen LogP contribution is 2.33. The van der Waals surface area contributed by atoms with Crippen LogP contribution in [0, 0.1) is 11.8 Å². The van der Waals surface area contributed by atoms with Crippen molar-refractivity contribution in [3.63, 3.8) is 0 Å². The molecule has 7 heteroatoms. The molecule has 7 nitrogen and oxygen atoms in total. The summed E-state index contributed by atoms with van der Waals surface area (Å²) in [6.07, 6.45) is 8.14. The summed E-state index contributed by atoms with van der Waals surface area (Å²) >= 11 is 0. The van der Waals surface area contributed by atoms with Crippen molar-refractivity contribution in [1.29, 1.82) is 0 Å². The van der Waals surface area contributed by atoms with Gasteiger partial charge in [-0.2, -0.15) is 5.10 Å². The Balaban J connectivity index is 1.44. The highest BCUT2D eigenvalue weighted by molar-refractivity contribution is 5.92. The van der Waals surface area contributed by atoms with Crippen molar-refractivity contribution >= 4 is 11.7 Å². The van der Waals surface area contributed by atoms with Gasteiger partial charge in [0.25, 0.3) is 5.91 Å². The molecule has 0 N–H and O–H groups in total. The first-order chi connectivity index (χ1) is 11.2. The van der Waals surface area contributed by atoms with Crippen LogP contribution in [0.5, 0.6) is 0 Å². The lowest BCUT2D eigenvalue weighted by Crippen LogP contribution is -2.40. The second-order valence-electron chi connectivity index (χ2n) is 6.40. The van der Waals surface area contributed by atoms with Crippen molar-refractivity contribution in [2.45, 2.75) is 6.42 Å². The van der Waals surface area contributed by atoms with Gasteiger partial charge in [0.1, 0.15) is 11.5 Å². The maximum Gasteiger partial charge on any atom is 0.274 e. The van der Waals surface area contributed by atoms with Gasteiger partial charge >= 0.3 is 0 Å². The third-order valence-electron chi connectivity index (χ3n) is 4.89. The van der Waals surface area contributed by atoms with Gasteiger partial charge in [0.05, 0.1) is 6.20 Å². The molecule has 0 saturated carbocycles. The summed E-state index contributed by atoms with van der Waals surface area (Å²) in [4.78, 5) is 25.3. The number of aryl methyl sites for hydroxylation is 1. The number of rotatable bonds is 2. The number of amides is 1. The molecule has 2 fully saturated rings. The van der Waals surface area contributed by atoms with Gasteiger partial charge < -0.3 is 9.80 Å². The number of anilines is 1. The van der Waals surface area contributed by atoms with E-state index in [-0.39, 0.29) is 5.91 Å². The van der Waals surface area contributed by atoms with Crippen molar-refractivity contribution in [3.8, 4) is 0 Å². The highest BCUT2D eigenvalue weighted by Gasteiger charge is 2.39. The smallest absolute Gasteiger partial charge is 0.274 e. The van der Waals surface area contributed by atoms with E-state index in [2.05, 4.69) is 20.0 Å². The summed E-state index contributed by atoms with van der Waals surface area (Å²) in [7, 11) is 1.83. The minimum atomic E-state index is 0.0473. The molecule has 0 aromatic carbocycles. The van der Waals surface area contributed by atoms with Crippen LogP contribution in [0.1, 0.15) is 16.9 Å². The zero-order chi connectivity index (χ0) is 15.8. The number of hydrogen-bond acceptors (Lipinski definition) is 5. The molecular formula is C16H20N6O. The Kier molecular flexibility index (Phi) is 3.48. The van der Waals surface area contributed by atoms with Gasteiger partial charge in [-0.1, -0.05) is 0 Å². The Labute approximate surface area is 134 Å². The molecule has 2 aromatic heterocycles. The molecule has 0 unspecified atom stereocenters. The molecule has 0 spiro atoms. The van der Waals surface area contributed by atoms with Crippen LogP contribution in [0.4, 0.5) is 5.82 Å². The number of carbonyl (C=O) groups excluding carboxylic acids is 1. The van der Waals surface area contributed by atoms with E-state index in [0.29, 0.717) is 17.5 Å². The Bertz CT molecular complexity index is 700. The molecule has 0 bridgehead atoms. The zero-order valence-electron chi connectivity index (χ0n) is 13.2. The molecule has 4 rings (SSSR count). The predicted octanol–water partition coefficient (Wildman–Crippen LogP) is 0.809. The number of piperidine rings is 1. The van der Waals surface area contributed by atoms with E-state index in [1.54, 1.807) is 23.1 Å². The molecule has 4 heterocycles. The molecule has 2 aliphatic rings. The van der Waals surface area contributed by atoms with Crippen molar-refractivity contribution in [2.75, 3.05) is 31.1 Å². The molecule has 2 aliphatic heterocycles. The van der Waals surface area contributed by atoms with E-state index >= 15 is 0 Å². The summed E-state index contributed by atoms with van der Waals surface area (Å²) in [6, 6.07) is 1.79. The number of hydrogen-bond donors (Lipinski definition) is 0. The standard InChI is InChI=1S/C16H20N6O/c1-20-6-3-14(19-20)16(23)22-9-12-2-7-21(10-13(12)11-22)15-8-17-4-5-18-15/h3-6,8,12-13H,2,7,9-11H2,1H3/t12-,13+/m0/s1. The summed E-state index contributed by atoms with van der Waals surface area (Å²) in [6.45, 7) is 3.56.